The molecule has 4 nitrogen and oxygen atoms in total. The minimum atomic E-state index is -0.709. The number of hydrogen-bond donors (Lipinski definition) is 0. The van der Waals surface area contributed by atoms with Gasteiger partial charge in [-0.15, -0.1) is 0 Å². The lowest BCUT2D eigenvalue weighted by Crippen LogP contribution is -2.50. The first kappa shape index (κ1) is 9.15. The van der Waals surface area contributed by atoms with Gasteiger partial charge in [-0.3, -0.25) is 9.00 Å². The number of carbonyl (C=O) groups is 1. The van der Waals surface area contributed by atoms with Crippen LogP contribution in [0.15, 0.2) is 0 Å². The molecule has 0 N–H and O–H groups in total. The lowest BCUT2D eigenvalue weighted by atomic mass is 10.1. The Morgan fingerprint density at radius 2 is 2.00 bits per heavy atom. The van der Waals surface area contributed by atoms with E-state index < -0.39 is 10.8 Å². The molecule has 1 amide bonds. The minimum absolute atomic E-state index is 0.0861. The molecule has 0 radical (unpaired) electrons. The summed E-state index contributed by atoms with van der Waals surface area (Å²) in [4.78, 5) is 13.4. The Kier molecular flexibility index (Phi) is 2.64. The Labute approximate surface area is 79.7 Å². The van der Waals surface area contributed by atoms with Gasteiger partial charge in [0.1, 0.15) is 6.10 Å². The van der Waals surface area contributed by atoms with Crippen LogP contribution in [-0.2, 0) is 20.3 Å². The second-order valence-corrected chi connectivity index (χ2v) is 5.02. The third kappa shape index (κ3) is 1.91. The average Bonchev–Trinajstić information content (AvgIpc) is 2.02. The Bertz CT molecular complexity index is 230. The van der Waals surface area contributed by atoms with Crippen LogP contribution in [-0.4, -0.2) is 52.3 Å². The van der Waals surface area contributed by atoms with E-state index in [2.05, 4.69) is 0 Å². The van der Waals surface area contributed by atoms with Gasteiger partial charge in [-0.2, -0.15) is 0 Å². The maximum Gasteiger partial charge on any atom is 0.251 e. The van der Waals surface area contributed by atoms with E-state index in [4.69, 9.17) is 4.74 Å². The standard InChI is InChI=1S/C8H13NO3S/c10-8(7-1-4-12-7)9-2-5-13(11)6-3-9/h7H,1-6H2. The van der Waals surface area contributed by atoms with Crippen molar-refractivity contribution >= 4 is 16.7 Å². The molecule has 2 aliphatic rings. The number of nitrogens with zero attached hydrogens (tertiary/aromatic N) is 1. The van der Waals surface area contributed by atoms with Gasteiger partial charge < -0.3 is 9.64 Å². The first-order valence-corrected chi connectivity index (χ1v) is 6.01. The maximum absolute atomic E-state index is 11.6. The molecule has 2 fully saturated rings. The molecule has 0 aromatic rings. The third-order valence-electron chi connectivity index (χ3n) is 2.46. The molecule has 2 aliphatic heterocycles. The van der Waals surface area contributed by atoms with E-state index in [0.29, 0.717) is 31.2 Å². The molecule has 1 unspecified atom stereocenters. The quantitative estimate of drug-likeness (QED) is 0.570. The summed E-state index contributed by atoms with van der Waals surface area (Å²) in [6.07, 6.45) is 0.643. The van der Waals surface area contributed by atoms with E-state index >= 15 is 0 Å². The zero-order chi connectivity index (χ0) is 9.26. The number of rotatable bonds is 1. The topological polar surface area (TPSA) is 46.6 Å². The van der Waals surface area contributed by atoms with Crippen molar-refractivity contribution in [3.63, 3.8) is 0 Å². The predicted octanol–water partition coefficient (Wildman–Crippen LogP) is -0.634. The van der Waals surface area contributed by atoms with Crippen molar-refractivity contribution in [3.8, 4) is 0 Å². The van der Waals surface area contributed by atoms with Crippen molar-refractivity contribution in [3.05, 3.63) is 0 Å². The molecule has 0 saturated carbocycles. The van der Waals surface area contributed by atoms with Crippen LogP contribution in [0, 0.1) is 0 Å². The summed E-state index contributed by atoms with van der Waals surface area (Å²) in [7, 11) is -0.709. The van der Waals surface area contributed by atoms with Crippen molar-refractivity contribution in [2.45, 2.75) is 12.5 Å². The molecular formula is C8H13NO3S. The normalized spacial score (nSPS) is 29.8. The van der Waals surface area contributed by atoms with Gasteiger partial charge in [0.15, 0.2) is 0 Å². The Hall–Kier alpha value is -0.420. The Morgan fingerprint density at radius 1 is 1.38 bits per heavy atom. The molecule has 2 saturated heterocycles. The Balaban J connectivity index is 1.86. The lowest BCUT2D eigenvalue weighted by molar-refractivity contribution is -0.155. The zero-order valence-electron chi connectivity index (χ0n) is 7.40. The molecule has 0 aliphatic carbocycles. The van der Waals surface area contributed by atoms with Crippen molar-refractivity contribution in [2.75, 3.05) is 31.2 Å². The van der Waals surface area contributed by atoms with Crippen molar-refractivity contribution in [1.29, 1.82) is 0 Å². The molecule has 2 rings (SSSR count). The van der Waals surface area contributed by atoms with Gasteiger partial charge in [-0.05, 0) is 0 Å². The van der Waals surface area contributed by atoms with Crippen LogP contribution in [0.2, 0.25) is 0 Å². The van der Waals surface area contributed by atoms with Gasteiger partial charge in [-0.1, -0.05) is 0 Å². The van der Waals surface area contributed by atoms with Crippen molar-refractivity contribution in [1.82, 2.24) is 4.90 Å². The predicted molar refractivity (Wildman–Crippen MR) is 48.8 cm³/mol. The van der Waals surface area contributed by atoms with Gasteiger partial charge in [0, 0.05) is 41.8 Å². The van der Waals surface area contributed by atoms with E-state index in [-0.39, 0.29) is 12.0 Å². The monoisotopic (exact) mass is 203 g/mol. The molecule has 2 heterocycles. The molecular weight excluding hydrogens is 190 g/mol. The fourth-order valence-electron chi connectivity index (χ4n) is 1.49. The van der Waals surface area contributed by atoms with E-state index in [1.807, 2.05) is 0 Å². The van der Waals surface area contributed by atoms with Gasteiger partial charge >= 0.3 is 0 Å². The van der Waals surface area contributed by atoms with E-state index in [9.17, 15) is 9.00 Å². The Morgan fingerprint density at radius 3 is 2.46 bits per heavy atom. The lowest BCUT2D eigenvalue weighted by Gasteiger charge is -2.33. The van der Waals surface area contributed by atoms with E-state index in [0.717, 1.165) is 6.42 Å². The van der Waals surface area contributed by atoms with Crippen molar-refractivity contribution < 1.29 is 13.7 Å². The first-order valence-electron chi connectivity index (χ1n) is 4.53. The number of amides is 1. The molecule has 0 bridgehead atoms. The number of hydrogen-bond acceptors (Lipinski definition) is 3. The summed E-state index contributed by atoms with van der Waals surface area (Å²) < 4.78 is 16.1. The van der Waals surface area contributed by atoms with Crippen LogP contribution in [0.4, 0.5) is 0 Å². The van der Waals surface area contributed by atoms with Crippen LogP contribution < -0.4 is 0 Å². The second kappa shape index (κ2) is 3.75. The zero-order valence-corrected chi connectivity index (χ0v) is 8.22. The molecule has 5 heteroatoms. The first-order chi connectivity index (χ1) is 6.27. The highest BCUT2D eigenvalue weighted by Gasteiger charge is 2.31. The average molecular weight is 203 g/mol. The number of ether oxygens (including phenoxy) is 1. The largest absolute Gasteiger partial charge is 0.368 e. The molecule has 74 valence electrons. The van der Waals surface area contributed by atoms with Crippen LogP contribution in [0.1, 0.15) is 6.42 Å². The summed E-state index contributed by atoms with van der Waals surface area (Å²) in [5.74, 6) is 1.33. The van der Waals surface area contributed by atoms with Crippen LogP contribution in [0.25, 0.3) is 0 Å². The molecule has 13 heavy (non-hydrogen) atoms. The fraction of sp³-hybridized carbons (Fsp3) is 0.875. The number of carbonyl (C=O) groups excluding carboxylic acids is 1. The van der Waals surface area contributed by atoms with Crippen molar-refractivity contribution in [2.24, 2.45) is 0 Å². The second-order valence-electron chi connectivity index (χ2n) is 3.32. The minimum Gasteiger partial charge on any atom is -0.368 e. The summed E-state index contributed by atoms with van der Waals surface area (Å²) >= 11 is 0. The highest BCUT2D eigenvalue weighted by molar-refractivity contribution is 7.85. The van der Waals surface area contributed by atoms with Crippen LogP contribution >= 0.6 is 0 Å². The van der Waals surface area contributed by atoms with Crippen LogP contribution in [0.5, 0.6) is 0 Å². The van der Waals surface area contributed by atoms with E-state index in [1.165, 1.54) is 0 Å². The molecule has 0 aromatic heterocycles. The SMILES string of the molecule is O=C(C1CCO1)N1CCS(=O)CC1. The van der Waals surface area contributed by atoms with Gasteiger partial charge in [0.05, 0.1) is 6.61 Å². The van der Waals surface area contributed by atoms with Gasteiger partial charge in [0.2, 0.25) is 0 Å². The highest BCUT2D eigenvalue weighted by Crippen LogP contribution is 2.15. The summed E-state index contributed by atoms with van der Waals surface area (Å²) in [5, 5.41) is 0. The third-order valence-corrected chi connectivity index (χ3v) is 3.74. The summed E-state index contributed by atoms with van der Waals surface area (Å²) in [6, 6.07) is 0. The van der Waals surface area contributed by atoms with Gasteiger partial charge in [-0.25, -0.2) is 0 Å². The fourth-order valence-corrected chi connectivity index (χ4v) is 2.54. The maximum atomic E-state index is 11.6. The highest BCUT2D eigenvalue weighted by atomic mass is 32.2. The summed E-state index contributed by atoms with van der Waals surface area (Å²) in [6.45, 7) is 1.97. The smallest absolute Gasteiger partial charge is 0.251 e. The van der Waals surface area contributed by atoms with Crippen LogP contribution in [0.3, 0.4) is 0 Å². The van der Waals surface area contributed by atoms with E-state index in [1.54, 1.807) is 4.90 Å². The van der Waals surface area contributed by atoms with Gasteiger partial charge in [0.25, 0.3) is 5.91 Å². The molecule has 0 spiro atoms. The molecule has 0 aromatic carbocycles. The molecule has 1 atom stereocenters. The summed E-state index contributed by atoms with van der Waals surface area (Å²) in [5.41, 5.74) is 0.